The van der Waals surface area contributed by atoms with Crippen LogP contribution in [0.2, 0.25) is 0 Å². The van der Waals surface area contributed by atoms with Gasteiger partial charge in [-0.05, 0) is 35.0 Å². The highest BCUT2D eigenvalue weighted by Crippen LogP contribution is 2.22. The van der Waals surface area contributed by atoms with Gasteiger partial charge in [0.1, 0.15) is 5.76 Å². The number of morpholine rings is 1. The number of ether oxygens (including phenoxy) is 1. The number of hydrogen-bond donors (Lipinski definition) is 1. The molecule has 2 aromatic carbocycles. The van der Waals surface area contributed by atoms with E-state index < -0.39 is 0 Å². The summed E-state index contributed by atoms with van der Waals surface area (Å²) in [7, 11) is 0. The second-order valence-corrected chi connectivity index (χ2v) is 6.45. The quantitative estimate of drug-likeness (QED) is 0.768. The van der Waals surface area contributed by atoms with Crippen LogP contribution >= 0.6 is 0 Å². The summed E-state index contributed by atoms with van der Waals surface area (Å²) in [6, 6.07) is 17.7. The molecule has 3 aromatic rings. The number of amides is 1. The van der Waals surface area contributed by atoms with Crippen molar-refractivity contribution in [3.05, 3.63) is 72.2 Å². The van der Waals surface area contributed by atoms with Crippen LogP contribution in [0.5, 0.6) is 0 Å². The second-order valence-electron chi connectivity index (χ2n) is 6.45. The van der Waals surface area contributed by atoms with E-state index in [1.807, 2.05) is 54.6 Å². The Morgan fingerprint density at radius 3 is 2.62 bits per heavy atom. The van der Waals surface area contributed by atoms with Crippen molar-refractivity contribution in [1.82, 2.24) is 10.2 Å². The summed E-state index contributed by atoms with van der Waals surface area (Å²) in [6.45, 7) is 3.57. The normalized spacial score (nSPS) is 16.5. The maximum atomic E-state index is 12.7. The van der Waals surface area contributed by atoms with Crippen LogP contribution in [-0.4, -0.2) is 43.7 Å². The fraction of sp³-hybridized carbons (Fsp3) is 0.286. The number of carbonyl (C=O) groups excluding carboxylic acids is 1. The second kappa shape index (κ2) is 7.72. The van der Waals surface area contributed by atoms with Crippen molar-refractivity contribution < 1.29 is 13.9 Å². The van der Waals surface area contributed by atoms with Gasteiger partial charge in [0.15, 0.2) is 0 Å². The minimum atomic E-state index is -0.0689. The van der Waals surface area contributed by atoms with Crippen molar-refractivity contribution in [2.24, 2.45) is 0 Å². The average Bonchev–Trinajstić information content (AvgIpc) is 3.23. The highest BCUT2D eigenvalue weighted by molar-refractivity contribution is 5.98. The van der Waals surface area contributed by atoms with Crippen molar-refractivity contribution in [3.63, 3.8) is 0 Å². The monoisotopic (exact) mass is 350 g/mol. The zero-order chi connectivity index (χ0) is 17.8. The van der Waals surface area contributed by atoms with Crippen molar-refractivity contribution in [1.29, 1.82) is 0 Å². The van der Waals surface area contributed by atoms with Crippen molar-refractivity contribution >= 4 is 16.7 Å². The SMILES string of the molecule is O=C(NCC(c1ccco1)N1CCOCC1)c1ccc2ccccc2c1. The predicted octanol–water partition coefficient (Wildman–Crippen LogP) is 3.24. The molecule has 5 nitrogen and oxygen atoms in total. The number of rotatable bonds is 5. The van der Waals surface area contributed by atoms with Gasteiger partial charge >= 0.3 is 0 Å². The molecular weight excluding hydrogens is 328 g/mol. The third-order valence-electron chi connectivity index (χ3n) is 4.83. The number of carbonyl (C=O) groups is 1. The van der Waals surface area contributed by atoms with E-state index in [0.29, 0.717) is 25.3 Å². The van der Waals surface area contributed by atoms with Crippen LogP contribution < -0.4 is 5.32 Å². The molecule has 1 aromatic heterocycles. The van der Waals surface area contributed by atoms with Crippen LogP contribution in [0.25, 0.3) is 10.8 Å². The molecule has 1 atom stereocenters. The first kappa shape index (κ1) is 16.8. The molecule has 1 aliphatic rings. The van der Waals surface area contributed by atoms with Gasteiger partial charge in [-0.1, -0.05) is 30.3 Å². The number of benzene rings is 2. The van der Waals surface area contributed by atoms with Gasteiger partial charge in [0.05, 0.1) is 25.5 Å². The van der Waals surface area contributed by atoms with E-state index in [4.69, 9.17) is 9.15 Å². The van der Waals surface area contributed by atoms with E-state index in [1.54, 1.807) is 6.26 Å². The Hall–Kier alpha value is -2.63. The van der Waals surface area contributed by atoms with Gasteiger partial charge in [-0.15, -0.1) is 0 Å². The summed E-state index contributed by atoms with van der Waals surface area (Å²) in [4.78, 5) is 15.0. The first-order valence-electron chi connectivity index (χ1n) is 8.93. The van der Waals surface area contributed by atoms with Crippen LogP contribution in [-0.2, 0) is 4.74 Å². The maximum absolute atomic E-state index is 12.7. The Bertz CT molecular complexity index is 870. The largest absolute Gasteiger partial charge is 0.468 e. The van der Waals surface area contributed by atoms with E-state index in [-0.39, 0.29) is 11.9 Å². The van der Waals surface area contributed by atoms with Crippen molar-refractivity contribution in [2.45, 2.75) is 6.04 Å². The van der Waals surface area contributed by atoms with Crippen molar-refractivity contribution in [3.8, 4) is 0 Å². The van der Waals surface area contributed by atoms with Crippen molar-refractivity contribution in [2.75, 3.05) is 32.8 Å². The lowest BCUT2D eigenvalue weighted by Gasteiger charge is -2.33. The molecule has 0 saturated carbocycles. The molecule has 1 unspecified atom stereocenters. The molecule has 26 heavy (non-hydrogen) atoms. The van der Waals surface area contributed by atoms with E-state index in [9.17, 15) is 4.79 Å². The van der Waals surface area contributed by atoms with Crippen LogP contribution in [0.1, 0.15) is 22.2 Å². The lowest BCUT2D eigenvalue weighted by atomic mass is 10.1. The molecule has 134 valence electrons. The minimum absolute atomic E-state index is 0.0123. The van der Waals surface area contributed by atoms with Gasteiger partial charge in [-0.2, -0.15) is 0 Å². The Morgan fingerprint density at radius 1 is 1.04 bits per heavy atom. The predicted molar refractivity (Wildman–Crippen MR) is 100 cm³/mol. The molecule has 2 heterocycles. The fourth-order valence-corrected chi connectivity index (χ4v) is 3.40. The molecule has 0 bridgehead atoms. The van der Waals surface area contributed by atoms with E-state index >= 15 is 0 Å². The summed E-state index contributed by atoms with van der Waals surface area (Å²) < 4.78 is 11.1. The summed E-state index contributed by atoms with van der Waals surface area (Å²) in [5, 5.41) is 5.26. The molecule has 0 spiro atoms. The summed E-state index contributed by atoms with van der Waals surface area (Å²) in [6.07, 6.45) is 1.67. The molecule has 1 saturated heterocycles. The third-order valence-corrected chi connectivity index (χ3v) is 4.83. The molecule has 4 rings (SSSR count). The number of furan rings is 1. The van der Waals surface area contributed by atoms with Gasteiger partial charge in [0.2, 0.25) is 0 Å². The topological polar surface area (TPSA) is 54.7 Å². The van der Waals surface area contributed by atoms with Gasteiger partial charge in [0, 0.05) is 25.2 Å². The fourth-order valence-electron chi connectivity index (χ4n) is 3.40. The summed E-state index contributed by atoms with van der Waals surface area (Å²) in [5.74, 6) is 0.797. The summed E-state index contributed by atoms with van der Waals surface area (Å²) >= 11 is 0. The molecule has 1 aliphatic heterocycles. The number of hydrogen-bond acceptors (Lipinski definition) is 4. The highest BCUT2D eigenvalue weighted by Gasteiger charge is 2.25. The smallest absolute Gasteiger partial charge is 0.251 e. The number of fused-ring (bicyclic) bond motifs is 1. The maximum Gasteiger partial charge on any atom is 0.251 e. The minimum Gasteiger partial charge on any atom is -0.468 e. The highest BCUT2D eigenvalue weighted by atomic mass is 16.5. The van der Waals surface area contributed by atoms with Crippen LogP contribution in [0, 0.1) is 0 Å². The molecule has 5 heteroatoms. The average molecular weight is 350 g/mol. The first-order chi connectivity index (χ1) is 12.8. The summed E-state index contributed by atoms with van der Waals surface area (Å²) in [5.41, 5.74) is 0.670. The molecule has 1 fully saturated rings. The van der Waals surface area contributed by atoms with E-state index in [1.165, 1.54) is 0 Å². The Morgan fingerprint density at radius 2 is 1.85 bits per heavy atom. The van der Waals surface area contributed by atoms with Crippen LogP contribution in [0.15, 0.2) is 65.3 Å². The third kappa shape index (κ3) is 3.64. The zero-order valence-electron chi connectivity index (χ0n) is 14.6. The van der Waals surface area contributed by atoms with Gasteiger partial charge in [-0.3, -0.25) is 9.69 Å². The Labute approximate surface area is 152 Å². The van der Waals surface area contributed by atoms with Gasteiger partial charge in [-0.25, -0.2) is 0 Å². The molecule has 1 amide bonds. The molecule has 0 radical (unpaired) electrons. The van der Waals surface area contributed by atoms with E-state index in [2.05, 4.69) is 10.2 Å². The molecule has 0 aliphatic carbocycles. The number of nitrogens with zero attached hydrogens (tertiary/aromatic N) is 1. The lowest BCUT2D eigenvalue weighted by Crippen LogP contribution is -2.43. The van der Waals surface area contributed by atoms with Gasteiger partial charge in [0.25, 0.3) is 5.91 Å². The Kier molecular flexibility index (Phi) is 5.00. The first-order valence-corrected chi connectivity index (χ1v) is 8.93. The van der Waals surface area contributed by atoms with Crippen LogP contribution in [0.4, 0.5) is 0 Å². The van der Waals surface area contributed by atoms with E-state index in [0.717, 1.165) is 29.6 Å². The Balaban J connectivity index is 1.48. The van der Waals surface area contributed by atoms with Crippen LogP contribution in [0.3, 0.4) is 0 Å². The standard InChI is InChI=1S/C21H22N2O3/c24-21(18-8-7-16-4-1-2-5-17(16)14-18)22-15-19(20-6-3-11-26-20)23-9-12-25-13-10-23/h1-8,11,14,19H,9-10,12-13,15H2,(H,22,24). The number of nitrogens with one attached hydrogen (secondary N) is 1. The molecule has 1 N–H and O–H groups in total. The lowest BCUT2D eigenvalue weighted by molar-refractivity contribution is 0.0118. The molecular formula is C21H22N2O3. The van der Waals surface area contributed by atoms with Gasteiger partial charge < -0.3 is 14.5 Å². The zero-order valence-corrected chi connectivity index (χ0v) is 14.6.